The molecule has 11 rings (SSSR count). The molecule has 9 aromatic rings. The molecule has 2 aliphatic rings. The molecule has 238 valence electrons. The van der Waals surface area contributed by atoms with Crippen molar-refractivity contribution in [2.24, 2.45) is 0 Å². The van der Waals surface area contributed by atoms with Gasteiger partial charge in [0.1, 0.15) is 5.58 Å². The lowest BCUT2D eigenvalue weighted by Crippen LogP contribution is -2.26. The van der Waals surface area contributed by atoms with E-state index in [1.807, 2.05) is 6.07 Å². The summed E-state index contributed by atoms with van der Waals surface area (Å²) in [4.78, 5) is 2.39. The van der Waals surface area contributed by atoms with Crippen LogP contribution in [0.2, 0.25) is 0 Å². The Hall–Kier alpha value is -6.64. The van der Waals surface area contributed by atoms with Gasteiger partial charge in [0.05, 0.1) is 11.1 Å². The maximum Gasteiger partial charge on any atom is 0.159 e. The predicted molar refractivity (Wildman–Crippen MR) is 210 cm³/mol. The summed E-state index contributed by atoms with van der Waals surface area (Å²) in [7, 11) is 0. The second-order valence-electron chi connectivity index (χ2n) is 13.6. The minimum Gasteiger partial charge on any atom is -0.454 e. The first-order valence-corrected chi connectivity index (χ1v) is 17.6. The number of benzene rings is 8. The van der Waals surface area contributed by atoms with Crippen molar-refractivity contribution < 1.29 is 4.42 Å². The summed E-state index contributed by atoms with van der Waals surface area (Å²) in [6, 6.07) is 68.4. The van der Waals surface area contributed by atoms with Gasteiger partial charge in [-0.15, -0.1) is 0 Å². The van der Waals surface area contributed by atoms with E-state index in [1.54, 1.807) is 0 Å². The average molecular weight is 650 g/mol. The fraction of sp³-hybridized carbons (Fsp3) is 0.0204. The molecule has 2 nitrogen and oxygen atoms in total. The zero-order chi connectivity index (χ0) is 33.5. The summed E-state index contributed by atoms with van der Waals surface area (Å²) in [5.74, 6) is 0. The highest BCUT2D eigenvalue weighted by atomic mass is 16.3. The third-order valence-electron chi connectivity index (χ3n) is 11.1. The van der Waals surface area contributed by atoms with Crippen LogP contribution in [-0.2, 0) is 5.41 Å². The molecular formula is C49H31NO. The molecule has 0 unspecified atom stereocenters. The van der Waals surface area contributed by atoms with Gasteiger partial charge in [-0.05, 0) is 92.0 Å². The molecule has 0 fully saturated rings. The Labute approximate surface area is 296 Å². The van der Waals surface area contributed by atoms with Gasteiger partial charge in [-0.1, -0.05) is 152 Å². The van der Waals surface area contributed by atoms with E-state index in [4.69, 9.17) is 4.42 Å². The number of hydrogen-bond acceptors (Lipinski definition) is 2. The zero-order valence-electron chi connectivity index (χ0n) is 27.8. The molecule has 0 saturated heterocycles. The van der Waals surface area contributed by atoms with Crippen molar-refractivity contribution in [1.82, 2.24) is 0 Å². The lowest BCUT2D eigenvalue weighted by atomic mass is 9.70. The van der Waals surface area contributed by atoms with Crippen LogP contribution in [0.3, 0.4) is 0 Å². The molecule has 0 radical (unpaired) electrons. The van der Waals surface area contributed by atoms with E-state index in [0.29, 0.717) is 0 Å². The maximum absolute atomic E-state index is 6.71. The van der Waals surface area contributed by atoms with E-state index in [2.05, 4.69) is 187 Å². The first-order valence-electron chi connectivity index (χ1n) is 17.6. The Morgan fingerprint density at radius 1 is 0.373 bits per heavy atom. The summed E-state index contributed by atoms with van der Waals surface area (Å²) in [5.41, 5.74) is 17.3. The Morgan fingerprint density at radius 3 is 1.65 bits per heavy atom. The second-order valence-corrected chi connectivity index (χ2v) is 13.6. The molecule has 0 amide bonds. The molecule has 2 heteroatoms. The average Bonchev–Trinajstić information content (AvgIpc) is 3.83. The van der Waals surface area contributed by atoms with Gasteiger partial charge in [0, 0.05) is 22.1 Å². The van der Waals surface area contributed by atoms with Gasteiger partial charge in [0.25, 0.3) is 0 Å². The van der Waals surface area contributed by atoms with Crippen molar-refractivity contribution in [3.8, 4) is 33.4 Å². The van der Waals surface area contributed by atoms with Crippen LogP contribution in [0.4, 0.5) is 17.1 Å². The van der Waals surface area contributed by atoms with E-state index in [0.717, 1.165) is 39.0 Å². The highest BCUT2D eigenvalue weighted by Crippen LogP contribution is 2.63. The summed E-state index contributed by atoms with van der Waals surface area (Å²) in [6.45, 7) is 0. The van der Waals surface area contributed by atoms with Gasteiger partial charge in [-0.2, -0.15) is 0 Å². The number of fused-ring (bicyclic) bond motifs is 13. The molecule has 0 atom stereocenters. The Bertz CT molecular complexity index is 2760. The van der Waals surface area contributed by atoms with Gasteiger partial charge in [-0.25, -0.2) is 0 Å². The van der Waals surface area contributed by atoms with Crippen molar-refractivity contribution in [2.45, 2.75) is 5.41 Å². The number of para-hydroxylation sites is 2. The second kappa shape index (κ2) is 10.7. The van der Waals surface area contributed by atoms with E-state index in [1.165, 1.54) is 55.6 Å². The zero-order valence-corrected chi connectivity index (χ0v) is 27.8. The summed E-state index contributed by atoms with van der Waals surface area (Å²) < 4.78 is 6.71. The SMILES string of the molecule is c1ccc(-c2cccc(N(c3ccc4c(c3)C3(c5ccccc5-c5ccccc53)c3ccccc3-4)c3cccc4c3oc3ccccc34)c2)cc1. The molecule has 1 spiro atoms. The Balaban J connectivity index is 1.21. The van der Waals surface area contributed by atoms with Gasteiger partial charge in [0.2, 0.25) is 0 Å². The van der Waals surface area contributed by atoms with Crippen molar-refractivity contribution in [3.05, 3.63) is 210 Å². The standard InChI is InChI=1S/C49H31NO/c1-2-14-32(15-3-1)33-16-12-17-34(30-33)50(46-26-13-22-41-40-21-7-11-27-47(40)51-48(41)46)35-28-29-39-38-20-6-10-25-44(38)49(45(39)31-35)42-23-8-4-18-36(42)37-19-5-9-24-43(37)49/h1-31H. The van der Waals surface area contributed by atoms with Crippen LogP contribution < -0.4 is 4.90 Å². The van der Waals surface area contributed by atoms with Crippen LogP contribution in [0, 0.1) is 0 Å². The molecular weight excluding hydrogens is 619 g/mol. The van der Waals surface area contributed by atoms with Crippen LogP contribution in [-0.4, -0.2) is 0 Å². The number of nitrogens with zero attached hydrogens (tertiary/aromatic N) is 1. The van der Waals surface area contributed by atoms with E-state index in [-0.39, 0.29) is 0 Å². The largest absolute Gasteiger partial charge is 0.454 e. The fourth-order valence-electron chi connectivity index (χ4n) is 9.01. The van der Waals surface area contributed by atoms with Gasteiger partial charge < -0.3 is 9.32 Å². The van der Waals surface area contributed by atoms with Gasteiger partial charge >= 0.3 is 0 Å². The highest BCUT2D eigenvalue weighted by molar-refractivity contribution is 6.10. The monoisotopic (exact) mass is 649 g/mol. The smallest absolute Gasteiger partial charge is 0.159 e. The summed E-state index contributed by atoms with van der Waals surface area (Å²) >= 11 is 0. The van der Waals surface area contributed by atoms with E-state index < -0.39 is 5.41 Å². The van der Waals surface area contributed by atoms with Crippen LogP contribution in [0.1, 0.15) is 22.3 Å². The third kappa shape index (κ3) is 3.87. The van der Waals surface area contributed by atoms with Gasteiger partial charge in [0.15, 0.2) is 5.58 Å². The van der Waals surface area contributed by atoms with Crippen LogP contribution >= 0.6 is 0 Å². The number of anilines is 3. The Morgan fingerprint density at radius 2 is 0.922 bits per heavy atom. The van der Waals surface area contributed by atoms with E-state index in [9.17, 15) is 0 Å². The maximum atomic E-state index is 6.71. The van der Waals surface area contributed by atoms with Crippen molar-refractivity contribution >= 4 is 39.0 Å². The lowest BCUT2D eigenvalue weighted by molar-refractivity contribution is 0.669. The third-order valence-corrected chi connectivity index (χ3v) is 11.1. The van der Waals surface area contributed by atoms with Crippen LogP contribution in [0.5, 0.6) is 0 Å². The molecule has 2 aliphatic carbocycles. The Kier molecular flexibility index (Phi) is 5.91. The first-order chi connectivity index (χ1) is 25.3. The summed E-state index contributed by atoms with van der Waals surface area (Å²) in [5, 5.41) is 2.23. The number of furan rings is 1. The predicted octanol–water partition coefficient (Wildman–Crippen LogP) is 13.1. The van der Waals surface area contributed by atoms with Crippen molar-refractivity contribution in [2.75, 3.05) is 4.90 Å². The molecule has 0 N–H and O–H groups in total. The van der Waals surface area contributed by atoms with Crippen LogP contribution in [0.15, 0.2) is 192 Å². The molecule has 0 aliphatic heterocycles. The number of rotatable bonds is 4. The molecule has 0 saturated carbocycles. The van der Waals surface area contributed by atoms with Gasteiger partial charge in [-0.3, -0.25) is 0 Å². The topological polar surface area (TPSA) is 16.4 Å². The van der Waals surface area contributed by atoms with E-state index >= 15 is 0 Å². The number of hydrogen-bond donors (Lipinski definition) is 0. The summed E-state index contributed by atoms with van der Waals surface area (Å²) in [6.07, 6.45) is 0. The minimum absolute atomic E-state index is 0.432. The van der Waals surface area contributed by atoms with Crippen molar-refractivity contribution in [1.29, 1.82) is 0 Å². The first kappa shape index (κ1) is 28.2. The molecule has 1 aromatic heterocycles. The lowest BCUT2D eigenvalue weighted by Gasteiger charge is -2.32. The quantitative estimate of drug-likeness (QED) is 0.189. The minimum atomic E-state index is -0.432. The molecule has 8 aromatic carbocycles. The highest BCUT2D eigenvalue weighted by Gasteiger charge is 2.51. The van der Waals surface area contributed by atoms with Crippen LogP contribution in [0.25, 0.3) is 55.3 Å². The molecule has 1 heterocycles. The van der Waals surface area contributed by atoms with Crippen molar-refractivity contribution in [3.63, 3.8) is 0 Å². The fourth-order valence-corrected chi connectivity index (χ4v) is 9.01. The normalized spacial score (nSPS) is 13.3. The molecule has 0 bridgehead atoms. The molecule has 51 heavy (non-hydrogen) atoms.